The van der Waals surface area contributed by atoms with Crippen LogP contribution in [0.2, 0.25) is 0 Å². The average Bonchev–Trinajstić information content (AvgIpc) is 2.68. The van der Waals surface area contributed by atoms with Crippen molar-refractivity contribution in [1.29, 1.82) is 0 Å². The number of rotatable bonds is 10. The lowest BCUT2D eigenvalue weighted by Crippen LogP contribution is -3.11. The van der Waals surface area contributed by atoms with E-state index in [9.17, 15) is 9.90 Å². The van der Waals surface area contributed by atoms with Crippen LogP contribution in [0.3, 0.4) is 0 Å². The molecule has 0 amide bonds. The molecule has 2 rings (SSSR count). The number of nitrogens with zero attached hydrogens (tertiary/aromatic N) is 1. The van der Waals surface area contributed by atoms with Gasteiger partial charge in [0.2, 0.25) is 0 Å². The van der Waals surface area contributed by atoms with Gasteiger partial charge in [0.05, 0.1) is 32.8 Å². The van der Waals surface area contributed by atoms with Gasteiger partial charge in [-0.25, -0.2) is 0 Å². The Bertz CT molecular complexity index is 833. The molecule has 1 aromatic carbocycles. The number of H-pyrrole nitrogens is 1. The van der Waals surface area contributed by atoms with Crippen LogP contribution in [0.25, 0.3) is 10.9 Å². The second-order valence-corrected chi connectivity index (χ2v) is 7.54. The summed E-state index contributed by atoms with van der Waals surface area (Å²) >= 11 is 5.52. The number of quaternary nitrogens is 1. The SMILES string of the molecule is CC[NH+](CC)CCCNC(=S)N(CCO)Cc1cc2cc(C)ccc2[nH]c1=O. The van der Waals surface area contributed by atoms with E-state index in [-0.39, 0.29) is 12.2 Å². The van der Waals surface area contributed by atoms with Crippen molar-refractivity contribution in [3.05, 3.63) is 45.7 Å². The van der Waals surface area contributed by atoms with Crippen molar-refractivity contribution in [3.8, 4) is 0 Å². The molecular formula is C21H33N4O2S+. The molecule has 0 saturated heterocycles. The number of aromatic amines is 1. The van der Waals surface area contributed by atoms with Gasteiger partial charge in [-0.15, -0.1) is 0 Å². The molecule has 0 unspecified atom stereocenters. The number of aromatic nitrogens is 1. The highest BCUT2D eigenvalue weighted by atomic mass is 32.1. The Labute approximate surface area is 172 Å². The fourth-order valence-corrected chi connectivity index (χ4v) is 3.57. The van der Waals surface area contributed by atoms with E-state index in [0.717, 1.165) is 49.1 Å². The number of thiocarbonyl (C=S) groups is 1. The molecule has 0 saturated carbocycles. The summed E-state index contributed by atoms with van der Waals surface area (Å²) in [5.74, 6) is 0. The third-order valence-electron chi connectivity index (χ3n) is 5.08. The van der Waals surface area contributed by atoms with Crippen LogP contribution < -0.4 is 15.8 Å². The molecule has 6 nitrogen and oxygen atoms in total. The molecule has 0 spiro atoms. The molecule has 4 N–H and O–H groups in total. The summed E-state index contributed by atoms with van der Waals surface area (Å²) < 4.78 is 0. The van der Waals surface area contributed by atoms with Crippen LogP contribution in [-0.4, -0.2) is 59.4 Å². The fourth-order valence-electron chi connectivity index (χ4n) is 3.32. The Kier molecular flexibility index (Phi) is 8.89. The molecule has 0 radical (unpaired) electrons. The van der Waals surface area contributed by atoms with E-state index < -0.39 is 0 Å². The first-order chi connectivity index (χ1) is 13.5. The zero-order valence-corrected chi connectivity index (χ0v) is 18.0. The molecule has 0 aliphatic carbocycles. The van der Waals surface area contributed by atoms with Gasteiger partial charge in [0.1, 0.15) is 0 Å². The van der Waals surface area contributed by atoms with Crippen molar-refractivity contribution in [3.63, 3.8) is 0 Å². The molecule has 1 heterocycles. The summed E-state index contributed by atoms with van der Waals surface area (Å²) in [5, 5.41) is 14.3. The Hall–Kier alpha value is -1.96. The van der Waals surface area contributed by atoms with Crippen LogP contribution >= 0.6 is 12.2 Å². The first-order valence-electron chi connectivity index (χ1n) is 10.1. The van der Waals surface area contributed by atoms with E-state index >= 15 is 0 Å². The Balaban J connectivity index is 2.03. The molecule has 1 aromatic heterocycles. The maximum atomic E-state index is 12.5. The average molecular weight is 406 g/mol. The summed E-state index contributed by atoms with van der Waals surface area (Å²) in [5.41, 5.74) is 2.49. The number of hydrogen-bond donors (Lipinski definition) is 4. The molecular weight excluding hydrogens is 372 g/mol. The Morgan fingerprint density at radius 2 is 2.04 bits per heavy atom. The van der Waals surface area contributed by atoms with E-state index in [1.165, 1.54) is 0 Å². The van der Waals surface area contributed by atoms with Crippen LogP contribution in [-0.2, 0) is 6.54 Å². The second kappa shape index (κ2) is 11.1. The predicted octanol–water partition coefficient (Wildman–Crippen LogP) is 0.820. The maximum absolute atomic E-state index is 12.5. The number of hydrogen-bond acceptors (Lipinski definition) is 3. The molecule has 0 aliphatic rings. The number of nitrogens with one attached hydrogen (secondary N) is 3. The van der Waals surface area contributed by atoms with Gasteiger partial charge in [-0.1, -0.05) is 11.6 Å². The Morgan fingerprint density at radius 3 is 2.71 bits per heavy atom. The number of aliphatic hydroxyl groups is 1. The highest BCUT2D eigenvalue weighted by Gasteiger charge is 2.13. The van der Waals surface area contributed by atoms with Gasteiger partial charge in [0, 0.05) is 30.6 Å². The molecule has 0 fully saturated rings. The normalized spacial score (nSPS) is 11.2. The summed E-state index contributed by atoms with van der Waals surface area (Å²) in [6.45, 7) is 11.3. The standard InChI is InChI=1S/C21H32N4O2S/c1-4-24(5-2)10-6-9-22-21(28)25(11-12-26)15-18-14-17-13-16(3)7-8-19(17)23-20(18)27/h7-8,13-14,26H,4-6,9-12,15H2,1-3H3,(H,22,28)(H,23,27)/p+1. The predicted molar refractivity (Wildman–Crippen MR) is 119 cm³/mol. The minimum atomic E-state index is -0.118. The summed E-state index contributed by atoms with van der Waals surface area (Å²) in [7, 11) is 0. The third-order valence-corrected chi connectivity index (χ3v) is 5.48. The third kappa shape index (κ3) is 6.29. The molecule has 0 bridgehead atoms. The zero-order valence-electron chi connectivity index (χ0n) is 17.2. The quantitative estimate of drug-likeness (QED) is 0.348. The van der Waals surface area contributed by atoms with Gasteiger partial charge in [0.15, 0.2) is 5.11 Å². The smallest absolute Gasteiger partial charge is 0.253 e. The zero-order chi connectivity index (χ0) is 20.5. The largest absolute Gasteiger partial charge is 0.395 e. The topological polar surface area (TPSA) is 72.8 Å². The molecule has 0 aliphatic heterocycles. The van der Waals surface area contributed by atoms with Gasteiger partial charge in [-0.3, -0.25) is 4.79 Å². The van der Waals surface area contributed by atoms with Crippen molar-refractivity contribution in [2.24, 2.45) is 0 Å². The van der Waals surface area contributed by atoms with Gasteiger partial charge in [0.25, 0.3) is 5.56 Å². The van der Waals surface area contributed by atoms with E-state index in [1.54, 1.807) is 4.90 Å². The first-order valence-corrected chi connectivity index (χ1v) is 10.5. The highest BCUT2D eigenvalue weighted by molar-refractivity contribution is 7.80. The van der Waals surface area contributed by atoms with E-state index in [0.29, 0.717) is 23.8 Å². The van der Waals surface area contributed by atoms with Crippen LogP contribution in [0, 0.1) is 6.92 Å². The number of aliphatic hydroxyl groups excluding tert-OH is 1. The van der Waals surface area contributed by atoms with Gasteiger partial charge in [-0.05, 0) is 56.6 Å². The first kappa shape index (κ1) is 22.3. The van der Waals surface area contributed by atoms with Crippen LogP contribution in [0.1, 0.15) is 31.4 Å². The molecule has 154 valence electrons. The molecule has 7 heteroatoms. The van der Waals surface area contributed by atoms with Gasteiger partial charge < -0.3 is 25.2 Å². The number of pyridine rings is 1. The second-order valence-electron chi connectivity index (χ2n) is 7.15. The fraction of sp³-hybridized carbons (Fsp3) is 0.524. The highest BCUT2D eigenvalue weighted by Crippen LogP contribution is 2.14. The van der Waals surface area contributed by atoms with Crippen molar-refractivity contribution >= 4 is 28.2 Å². The molecule has 28 heavy (non-hydrogen) atoms. The lowest BCUT2D eigenvalue weighted by atomic mass is 10.1. The van der Waals surface area contributed by atoms with Crippen molar-refractivity contribution in [1.82, 2.24) is 15.2 Å². The van der Waals surface area contributed by atoms with E-state index in [1.807, 2.05) is 30.0 Å². The molecule has 2 aromatic rings. The van der Waals surface area contributed by atoms with Gasteiger partial charge in [-0.2, -0.15) is 0 Å². The van der Waals surface area contributed by atoms with Crippen LogP contribution in [0.15, 0.2) is 29.1 Å². The van der Waals surface area contributed by atoms with Crippen molar-refractivity contribution in [2.75, 3.05) is 39.3 Å². The van der Waals surface area contributed by atoms with Crippen LogP contribution in [0.4, 0.5) is 0 Å². The van der Waals surface area contributed by atoms with Crippen molar-refractivity contribution < 1.29 is 10.0 Å². The number of benzene rings is 1. The summed E-state index contributed by atoms with van der Waals surface area (Å²) in [4.78, 5) is 18.8. The summed E-state index contributed by atoms with van der Waals surface area (Å²) in [6, 6.07) is 7.87. The number of aryl methyl sites for hydroxylation is 1. The molecule has 0 atom stereocenters. The van der Waals surface area contributed by atoms with E-state index in [4.69, 9.17) is 12.2 Å². The van der Waals surface area contributed by atoms with Crippen LogP contribution in [0.5, 0.6) is 0 Å². The van der Waals surface area contributed by atoms with Crippen molar-refractivity contribution in [2.45, 2.75) is 33.7 Å². The summed E-state index contributed by atoms with van der Waals surface area (Å²) in [6.07, 6.45) is 1.03. The Morgan fingerprint density at radius 1 is 1.29 bits per heavy atom. The minimum Gasteiger partial charge on any atom is -0.395 e. The van der Waals surface area contributed by atoms with Gasteiger partial charge >= 0.3 is 0 Å². The monoisotopic (exact) mass is 405 g/mol. The van der Waals surface area contributed by atoms with E-state index in [2.05, 4.69) is 30.2 Å². The minimum absolute atomic E-state index is 0.0178. The number of fused-ring (bicyclic) bond motifs is 1. The lowest BCUT2D eigenvalue weighted by Gasteiger charge is -2.25. The lowest BCUT2D eigenvalue weighted by molar-refractivity contribution is -0.896. The maximum Gasteiger partial charge on any atom is 0.253 e.